The summed E-state index contributed by atoms with van der Waals surface area (Å²) in [4.78, 5) is 11.5. The summed E-state index contributed by atoms with van der Waals surface area (Å²) in [6, 6.07) is 11.2. The number of hydrogen-bond acceptors (Lipinski definition) is 7. The van der Waals surface area contributed by atoms with Gasteiger partial charge >= 0.3 is 0 Å². The lowest BCUT2D eigenvalue weighted by Crippen LogP contribution is -2.29. The first kappa shape index (κ1) is 18.7. The number of nitrogens with one attached hydrogen (secondary N) is 2. The summed E-state index contributed by atoms with van der Waals surface area (Å²) in [7, 11) is -3.70. The van der Waals surface area contributed by atoms with Crippen LogP contribution >= 0.6 is 0 Å². The van der Waals surface area contributed by atoms with E-state index in [9.17, 15) is 13.2 Å². The van der Waals surface area contributed by atoms with Crippen molar-refractivity contribution < 1.29 is 13.2 Å². The van der Waals surface area contributed by atoms with Crippen molar-refractivity contribution in [3.63, 3.8) is 0 Å². The van der Waals surface area contributed by atoms with E-state index in [-0.39, 0.29) is 17.2 Å². The van der Waals surface area contributed by atoms with Gasteiger partial charge in [0.15, 0.2) is 11.6 Å². The van der Waals surface area contributed by atoms with Crippen LogP contribution in [0.4, 0.5) is 5.82 Å². The fourth-order valence-electron chi connectivity index (χ4n) is 2.29. The van der Waals surface area contributed by atoms with Gasteiger partial charge in [-0.25, -0.2) is 17.8 Å². The number of carbonyl (C=O) groups is 1. The third kappa shape index (κ3) is 4.74. The molecule has 2 aromatic heterocycles. The zero-order chi connectivity index (χ0) is 19.3. The summed E-state index contributed by atoms with van der Waals surface area (Å²) in [5.41, 5.74) is 0.351. The molecule has 0 aliphatic carbocycles. The minimum atomic E-state index is -3.70. The molecule has 10 heteroatoms. The van der Waals surface area contributed by atoms with Crippen LogP contribution in [-0.2, 0) is 10.0 Å². The van der Waals surface area contributed by atoms with E-state index in [1.54, 1.807) is 47.4 Å². The predicted octanol–water partition coefficient (Wildman–Crippen LogP) is 1.26. The zero-order valence-electron chi connectivity index (χ0n) is 14.5. The van der Waals surface area contributed by atoms with Crippen LogP contribution in [0.2, 0.25) is 0 Å². The molecule has 0 spiro atoms. The first-order valence-electron chi connectivity index (χ1n) is 8.14. The SMILES string of the molecule is CC(=O)c1cccc(S(=O)(=O)NCCNc2ccc(-n3cccn3)nn2)c1. The third-order valence-electron chi connectivity index (χ3n) is 3.66. The van der Waals surface area contributed by atoms with Gasteiger partial charge in [0.2, 0.25) is 10.0 Å². The van der Waals surface area contributed by atoms with E-state index in [4.69, 9.17) is 0 Å². The van der Waals surface area contributed by atoms with E-state index < -0.39 is 10.0 Å². The van der Waals surface area contributed by atoms with Gasteiger partial charge in [0, 0.05) is 31.0 Å². The first-order chi connectivity index (χ1) is 13.0. The Bertz CT molecular complexity index is 1020. The topological polar surface area (TPSA) is 119 Å². The lowest BCUT2D eigenvalue weighted by Gasteiger charge is -2.09. The number of nitrogens with zero attached hydrogens (tertiary/aromatic N) is 4. The number of ketones is 1. The second kappa shape index (κ2) is 8.06. The monoisotopic (exact) mass is 386 g/mol. The predicted molar refractivity (Wildman–Crippen MR) is 99.3 cm³/mol. The number of benzene rings is 1. The van der Waals surface area contributed by atoms with Gasteiger partial charge in [-0.05, 0) is 37.3 Å². The van der Waals surface area contributed by atoms with E-state index in [0.717, 1.165) is 0 Å². The highest BCUT2D eigenvalue weighted by atomic mass is 32.2. The van der Waals surface area contributed by atoms with Gasteiger partial charge in [0.1, 0.15) is 5.82 Å². The third-order valence-corrected chi connectivity index (χ3v) is 5.12. The molecule has 0 unspecified atom stereocenters. The van der Waals surface area contributed by atoms with E-state index >= 15 is 0 Å². The Balaban J connectivity index is 1.53. The Kier molecular flexibility index (Phi) is 5.57. The van der Waals surface area contributed by atoms with Crippen LogP contribution in [0.15, 0.2) is 59.8 Å². The Morgan fingerprint density at radius 3 is 2.63 bits per heavy atom. The lowest BCUT2D eigenvalue weighted by atomic mass is 10.2. The van der Waals surface area contributed by atoms with Crippen LogP contribution in [0.25, 0.3) is 5.82 Å². The molecule has 2 heterocycles. The van der Waals surface area contributed by atoms with Crippen LogP contribution in [-0.4, -0.2) is 47.3 Å². The molecule has 0 aliphatic rings. The summed E-state index contributed by atoms with van der Waals surface area (Å²) in [6.45, 7) is 1.86. The molecule has 140 valence electrons. The van der Waals surface area contributed by atoms with Gasteiger partial charge < -0.3 is 5.32 Å². The van der Waals surface area contributed by atoms with Crippen molar-refractivity contribution in [3.8, 4) is 5.82 Å². The smallest absolute Gasteiger partial charge is 0.240 e. The van der Waals surface area contributed by atoms with Crippen molar-refractivity contribution in [1.82, 2.24) is 24.7 Å². The number of sulfonamides is 1. The van der Waals surface area contributed by atoms with E-state index in [2.05, 4.69) is 25.3 Å². The fourth-order valence-corrected chi connectivity index (χ4v) is 3.36. The second-order valence-electron chi connectivity index (χ2n) is 5.64. The maximum absolute atomic E-state index is 12.3. The molecule has 0 radical (unpaired) electrons. The molecular formula is C17H18N6O3S. The molecule has 3 aromatic rings. The summed E-state index contributed by atoms with van der Waals surface area (Å²) in [5, 5.41) is 15.1. The summed E-state index contributed by atoms with van der Waals surface area (Å²) >= 11 is 0. The standard InChI is InChI=1S/C17H18N6O3S/c1-13(24)14-4-2-5-15(12-14)27(25,26)20-10-9-18-16-6-7-17(22-21-16)23-11-3-8-19-23/h2-8,11-12,20H,9-10H2,1H3,(H,18,21). The molecule has 2 N–H and O–H groups in total. The Morgan fingerprint density at radius 2 is 1.96 bits per heavy atom. The Morgan fingerprint density at radius 1 is 1.11 bits per heavy atom. The van der Waals surface area contributed by atoms with Crippen molar-refractivity contribution in [2.45, 2.75) is 11.8 Å². The first-order valence-corrected chi connectivity index (χ1v) is 9.62. The zero-order valence-corrected chi connectivity index (χ0v) is 15.3. The second-order valence-corrected chi connectivity index (χ2v) is 7.40. The van der Waals surface area contributed by atoms with Crippen molar-refractivity contribution in [3.05, 3.63) is 60.4 Å². The van der Waals surface area contributed by atoms with E-state index in [1.807, 2.05) is 0 Å². The quantitative estimate of drug-likeness (QED) is 0.442. The molecule has 0 saturated heterocycles. The van der Waals surface area contributed by atoms with Crippen molar-refractivity contribution in [2.75, 3.05) is 18.4 Å². The lowest BCUT2D eigenvalue weighted by molar-refractivity contribution is 0.101. The summed E-state index contributed by atoms with van der Waals surface area (Å²) < 4.78 is 28.7. The maximum atomic E-state index is 12.3. The molecule has 0 saturated carbocycles. The van der Waals surface area contributed by atoms with Crippen molar-refractivity contribution in [2.24, 2.45) is 0 Å². The minimum Gasteiger partial charge on any atom is -0.367 e. The maximum Gasteiger partial charge on any atom is 0.240 e. The average molecular weight is 386 g/mol. The molecule has 9 nitrogen and oxygen atoms in total. The number of Topliss-reactive ketones (excluding diaryl/α,β-unsaturated/α-hetero) is 1. The number of carbonyl (C=O) groups excluding carboxylic acids is 1. The molecule has 0 bridgehead atoms. The number of hydrogen-bond donors (Lipinski definition) is 2. The van der Waals surface area contributed by atoms with Gasteiger partial charge in [0.25, 0.3) is 0 Å². The molecule has 0 aliphatic heterocycles. The van der Waals surface area contributed by atoms with Crippen molar-refractivity contribution in [1.29, 1.82) is 0 Å². The Labute approximate surface area is 156 Å². The van der Waals surface area contributed by atoms with Crippen LogP contribution in [0, 0.1) is 0 Å². The number of rotatable bonds is 8. The minimum absolute atomic E-state index is 0.0542. The molecule has 0 atom stereocenters. The summed E-state index contributed by atoms with van der Waals surface area (Å²) in [5.74, 6) is 0.908. The van der Waals surface area contributed by atoms with Crippen LogP contribution in [0.1, 0.15) is 17.3 Å². The van der Waals surface area contributed by atoms with Crippen LogP contribution < -0.4 is 10.0 Å². The molecule has 3 rings (SSSR count). The van der Waals surface area contributed by atoms with Gasteiger partial charge in [0.05, 0.1) is 4.90 Å². The van der Waals surface area contributed by atoms with Gasteiger partial charge in [-0.15, -0.1) is 10.2 Å². The highest BCUT2D eigenvalue weighted by Gasteiger charge is 2.14. The van der Waals surface area contributed by atoms with Gasteiger partial charge in [-0.2, -0.15) is 5.10 Å². The molecule has 27 heavy (non-hydrogen) atoms. The number of aromatic nitrogens is 4. The van der Waals surface area contributed by atoms with Gasteiger partial charge in [-0.3, -0.25) is 4.79 Å². The molecule has 1 aromatic carbocycles. The number of anilines is 1. The van der Waals surface area contributed by atoms with Crippen LogP contribution in [0.3, 0.4) is 0 Å². The molecule has 0 fully saturated rings. The normalized spacial score (nSPS) is 11.3. The fraction of sp³-hybridized carbons (Fsp3) is 0.176. The van der Waals surface area contributed by atoms with Gasteiger partial charge in [-0.1, -0.05) is 12.1 Å². The Hall–Kier alpha value is -3.11. The molecule has 0 amide bonds. The average Bonchev–Trinajstić information content (AvgIpc) is 3.20. The largest absolute Gasteiger partial charge is 0.367 e. The highest BCUT2D eigenvalue weighted by Crippen LogP contribution is 2.12. The molecular weight excluding hydrogens is 368 g/mol. The van der Waals surface area contributed by atoms with Crippen molar-refractivity contribution >= 4 is 21.6 Å². The van der Waals surface area contributed by atoms with E-state index in [0.29, 0.717) is 23.7 Å². The van der Waals surface area contributed by atoms with E-state index in [1.165, 1.54) is 19.1 Å². The summed E-state index contributed by atoms with van der Waals surface area (Å²) in [6.07, 6.45) is 3.40. The highest BCUT2D eigenvalue weighted by molar-refractivity contribution is 7.89. The van der Waals surface area contributed by atoms with Crippen LogP contribution in [0.5, 0.6) is 0 Å².